The molecule has 0 spiro atoms. The van der Waals surface area contributed by atoms with Crippen LogP contribution < -0.4 is 15.6 Å². The van der Waals surface area contributed by atoms with Crippen molar-refractivity contribution in [3.63, 3.8) is 0 Å². The summed E-state index contributed by atoms with van der Waals surface area (Å²) in [5.74, 6) is 0.531. The van der Waals surface area contributed by atoms with Gasteiger partial charge in [0, 0.05) is 18.2 Å². The summed E-state index contributed by atoms with van der Waals surface area (Å²) in [6.07, 6.45) is 0. The summed E-state index contributed by atoms with van der Waals surface area (Å²) in [6.45, 7) is 4.80. The topological polar surface area (TPSA) is 99.0 Å². The summed E-state index contributed by atoms with van der Waals surface area (Å²) in [7, 11) is 0. The third kappa shape index (κ3) is 4.56. The van der Waals surface area contributed by atoms with Crippen LogP contribution in [0.4, 0.5) is 0 Å². The SMILES string of the molecule is CCOc1ccc(-c2ccc(=O)n(CCNC(=O)c3snnc3C)n2)cc1. The molecule has 0 unspecified atom stereocenters. The van der Waals surface area contributed by atoms with Crippen molar-refractivity contribution in [2.45, 2.75) is 20.4 Å². The highest BCUT2D eigenvalue weighted by molar-refractivity contribution is 7.07. The first kappa shape index (κ1) is 18.7. The molecule has 1 aromatic carbocycles. The number of aryl methyl sites for hydroxylation is 1. The maximum absolute atomic E-state index is 12.1. The summed E-state index contributed by atoms with van der Waals surface area (Å²) in [6, 6.07) is 10.7. The zero-order valence-electron chi connectivity index (χ0n) is 15.0. The highest BCUT2D eigenvalue weighted by Gasteiger charge is 2.12. The van der Waals surface area contributed by atoms with Gasteiger partial charge in [0.2, 0.25) is 0 Å². The van der Waals surface area contributed by atoms with Crippen molar-refractivity contribution in [2.24, 2.45) is 0 Å². The Morgan fingerprint density at radius 2 is 2.00 bits per heavy atom. The van der Waals surface area contributed by atoms with Gasteiger partial charge in [-0.3, -0.25) is 9.59 Å². The molecule has 0 aliphatic rings. The van der Waals surface area contributed by atoms with Crippen LogP contribution in [0.25, 0.3) is 11.3 Å². The van der Waals surface area contributed by atoms with Crippen molar-refractivity contribution in [3.8, 4) is 17.0 Å². The van der Waals surface area contributed by atoms with Crippen LogP contribution in [0.1, 0.15) is 22.3 Å². The molecule has 0 radical (unpaired) electrons. The predicted octanol–water partition coefficient (Wildman–Crippen LogP) is 1.90. The Bertz CT molecular complexity index is 981. The third-order valence-electron chi connectivity index (χ3n) is 3.79. The van der Waals surface area contributed by atoms with Gasteiger partial charge in [0.05, 0.1) is 24.5 Å². The van der Waals surface area contributed by atoms with Gasteiger partial charge in [-0.05, 0) is 55.7 Å². The number of rotatable bonds is 7. The molecular weight excluding hydrogens is 366 g/mol. The lowest BCUT2D eigenvalue weighted by molar-refractivity contribution is 0.0955. The van der Waals surface area contributed by atoms with Crippen LogP contribution in [-0.4, -0.2) is 38.4 Å². The van der Waals surface area contributed by atoms with Gasteiger partial charge >= 0.3 is 0 Å². The monoisotopic (exact) mass is 385 g/mol. The number of ether oxygens (including phenoxy) is 1. The normalized spacial score (nSPS) is 10.6. The molecule has 0 atom stereocenters. The Hall–Kier alpha value is -3.07. The molecule has 140 valence electrons. The van der Waals surface area contributed by atoms with Gasteiger partial charge in [-0.2, -0.15) is 5.10 Å². The van der Waals surface area contributed by atoms with Gasteiger partial charge in [0.1, 0.15) is 10.6 Å². The van der Waals surface area contributed by atoms with Gasteiger partial charge in [0.15, 0.2) is 0 Å². The molecular formula is C18H19N5O3S. The molecule has 0 aliphatic heterocycles. The molecule has 27 heavy (non-hydrogen) atoms. The molecule has 0 saturated carbocycles. The number of carbonyl (C=O) groups excluding carboxylic acids is 1. The molecule has 8 nitrogen and oxygen atoms in total. The number of nitrogens with one attached hydrogen (secondary N) is 1. The van der Waals surface area contributed by atoms with Crippen LogP contribution in [0.15, 0.2) is 41.2 Å². The molecule has 1 N–H and O–H groups in total. The summed E-state index contributed by atoms with van der Waals surface area (Å²) in [5.41, 5.74) is 1.91. The number of nitrogens with zero attached hydrogens (tertiary/aromatic N) is 4. The number of carbonyl (C=O) groups is 1. The second kappa shape index (κ2) is 8.54. The van der Waals surface area contributed by atoms with Gasteiger partial charge in [-0.15, -0.1) is 5.10 Å². The second-order valence-electron chi connectivity index (χ2n) is 5.68. The van der Waals surface area contributed by atoms with E-state index in [2.05, 4.69) is 20.0 Å². The van der Waals surface area contributed by atoms with Gasteiger partial charge in [0.25, 0.3) is 11.5 Å². The quantitative estimate of drug-likeness (QED) is 0.667. The van der Waals surface area contributed by atoms with E-state index in [1.807, 2.05) is 31.2 Å². The lowest BCUT2D eigenvalue weighted by atomic mass is 10.1. The lowest BCUT2D eigenvalue weighted by Crippen LogP contribution is -2.31. The van der Waals surface area contributed by atoms with Gasteiger partial charge < -0.3 is 10.1 Å². The average molecular weight is 385 g/mol. The minimum Gasteiger partial charge on any atom is -0.494 e. The van der Waals surface area contributed by atoms with E-state index in [4.69, 9.17) is 4.74 Å². The van der Waals surface area contributed by atoms with Gasteiger partial charge in [-0.25, -0.2) is 4.68 Å². The molecule has 3 aromatic rings. The van der Waals surface area contributed by atoms with Crippen LogP contribution in [0.3, 0.4) is 0 Å². The van der Waals surface area contributed by atoms with Crippen LogP contribution in [0.2, 0.25) is 0 Å². The van der Waals surface area contributed by atoms with Crippen molar-refractivity contribution in [3.05, 3.63) is 57.3 Å². The Labute approximate surface area is 160 Å². The van der Waals surface area contributed by atoms with E-state index in [9.17, 15) is 9.59 Å². The lowest BCUT2D eigenvalue weighted by Gasteiger charge is -2.09. The first-order chi connectivity index (χ1) is 13.1. The molecule has 0 saturated heterocycles. The molecule has 2 aromatic heterocycles. The first-order valence-corrected chi connectivity index (χ1v) is 9.24. The Morgan fingerprint density at radius 3 is 2.67 bits per heavy atom. The molecule has 9 heteroatoms. The number of benzene rings is 1. The number of hydrogen-bond acceptors (Lipinski definition) is 7. The average Bonchev–Trinajstić information content (AvgIpc) is 3.10. The predicted molar refractivity (Wildman–Crippen MR) is 102 cm³/mol. The number of hydrogen-bond donors (Lipinski definition) is 1. The van der Waals surface area contributed by atoms with E-state index >= 15 is 0 Å². The van der Waals surface area contributed by atoms with Crippen LogP contribution in [-0.2, 0) is 6.54 Å². The Morgan fingerprint density at radius 1 is 1.22 bits per heavy atom. The maximum Gasteiger partial charge on any atom is 0.266 e. The highest BCUT2D eigenvalue weighted by atomic mass is 32.1. The second-order valence-corrected chi connectivity index (χ2v) is 6.43. The molecule has 3 rings (SSSR count). The number of aromatic nitrogens is 4. The van der Waals surface area contributed by atoms with E-state index in [1.54, 1.807) is 13.0 Å². The Balaban J connectivity index is 1.67. The van der Waals surface area contributed by atoms with Crippen molar-refractivity contribution in [1.82, 2.24) is 24.7 Å². The van der Waals surface area contributed by atoms with Gasteiger partial charge in [-0.1, -0.05) is 4.49 Å². The largest absolute Gasteiger partial charge is 0.494 e. The van der Waals surface area contributed by atoms with Crippen LogP contribution in [0, 0.1) is 6.92 Å². The fourth-order valence-electron chi connectivity index (χ4n) is 2.45. The van der Waals surface area contributed by atoms with Crippen molar-refractivity contribution < 1.29 is 9.53 Å². The van der Waals surface area contributed by atoms with Crippen LogP contribution in [0.5, 0.6) is 5.75 Å². The fraction of sp³-hybridized carbons (Fsp3) is 0.278. The van der Waals surface area contributed by atoms with E-state index in [0.29, 0.717) is 22.9 Å². The van der Waals surface area contributed by atoms with E-state index in [1.165, 1.54) is 10.7 Å². The molecule has 0 bridgehead atoms. The summed E-state index contributed by atoms with van der Waals surface area (Å²) in [4.78, 5) is 24.6. The summed E-state index contributed by atoms with van der Waals surface area (Å²) in [5, 5.41) is 11.0. The van der Waals surface area contributed by atoms with E-state index < -0.39 is 0 Å². The molecule has 0 fully saturated rings. The Kier molecular flexibility index (Phi) is 5.92. The molecule has 0 aliphatic carbocycles. The fourth-order valence-corrected chi connectivity index (χ4v) is 3.02. The van der Waals surface area contributed by atoms with Crippen molar-refractivity contribution in [1.29, 1.82) is 0 Å². The zero-order valence-corrected chi connectivity index (χ0v) is 15.8. The molecule has 1 amide bonds. The summed E-state index contributed by atoms with van der Waals surface area (Å²) < 4.78 is 10.5. The zero-order chi connectivity index (χ0) is 19.2. The minimum absolute atomic E-state index is 0.227. The first-order valence-electron chi connectivity index (χ1n) is 8.47. The number of amides is 1. The highest BCUT2D eigenvalue weighted by Crippen LogP contribution is 2.19. The van der Waals surface area contributed by atoms with Crippen LogP contribution >= 0.6 is 11.5 Å². The molecule has 2 heterocycles. The summed E-state index contributed by atoms with van der Waals surface area (Å²) >= 11 is 1.04. The van der Waals surface area contributed by atoms with Crippen molar-refractivity contribution >= 4 is 17.4 Å². The third-order valence-corrected chi connectivity index (χ3v) is 4.62. The van der Waals surface area contributed by atoms with Crippen molar-refractivity contribution in [2.75, 3.05) is 13.2 Å². The minimum atomic E-state index is -0.252. The standard InChI is InChI=1S/C18H19N5O3S/c1-3-26-14-6-4-13(5-7-14)15-8-9-16(24)23(21-15)11-10-19-18(25)17-12(2)20-22-27-17/h4-9H,3,10-11H2,1-2H3,(H,19,25). The van der Waals surface area contributed by atoms with E-state index in [-0.39, 0.29) is 24.6 Å². The smallest absolute Gasteiger partial charge is 0.266 e. The maximum atomic E-state index is 12.1. The van der Waals surface area contributed by atoms with E-state index in [0.717, 1.165) is 22.8 Å².